The number of aromatic hydroxyl groups is 2. The zero-order valence-corrected chi connectivity index (χ0v) is 48.0. The number of rotatable bonds is 23. The highest BCUT2D eigenvalue weighted by atomic mass is 16.7. The van der Waals surface area contributed by atoms with Gasteiger partial charge in [-0.15, -0.1) is 0 Å². The van der Waals surface area contributed by atoms with Gasteiger partial charge in [0, 0.05) is 49.4 Å². The first kappa shape index (κ1) is 64.1. The Kier molecular flexibility index (Phi) is 21.0. The number of carbonyl (C=O) groups is 10. The van der Waals surface area contributed by atoms with Gasteiger partial charge in [-0.05, 0) is 69.8 Å². The van der Waals surface area contributed by atoms with Crippen LogP contribution in [-0.4, -0.2) is 176 Å². The molecule has 0 unspecified atom stereocenters. The van der Waals surface area contributed by atoms with Crippen molar-refractivity contribution in [3.63, 3.8) is 0 Å². The second-order valence-corrected chi connectivity index (χ2v) is 23.1. The van der Waals surface area contributed by atoms with Crippen LogP contribution in [0.3, 0.4) is 0 Å². The molecule has 2 saturated heterocycles. The maximum atomic E-state index is 14.4. The molecule has 11 N–H and O–H groups in total. The third-order valence-corrected chi connectivity index (χ3v) is 15.2. The fourth-order valence-electron chi connectivity index (χ4n) is 11.1. The first-order chi connectivity index (χ1) is 38.5. The summed E-state index contributed by atoms with van der Waals surface area (Å²) >= 11 is 0. The number of amides is 7. The first-order valence-corrected chi connectivity index (χ1v) is 27.8. The fraction of sp³-hybridized carbons (Fsp3) is 0.614. The topological polar surface area (TPSA) is 375 Å². The molecule has 0 bridgehead atoms. The molecule has 2 heterocycles. The lowest BCUT2D eigenvalue weighted by Crippen LogP contribution is -2.61. The van der Waals surface area contributed by atoms with E-state index in [0.29, 0.717) is 12.8 Å². The number of likely N-dealkylation sites (tertiary alicyclic amines) is 1. The summed E-state index contributed by atoms with van der Waals surface area (Å²) < 4.78 is 17.7. The number of nitrogens with zero attached hydrogens (tertiary/aromatic N) is 1. The van der Waals surface area contributed by atoms with Crippen LogP contribution in [0.15, 0.2) is 18.2 Å². The number of fused-ring (bicyclic) bond motifs is 3. The third-order valence-electron chi connectivity index (χ3n) is 15.2. The molecule has 25 nitrogen and oxygen atoms in total. The second kappa shape index (κ2) is 26.9. The largest absolute Gasteiger partial charge is 0.507 e. The van der Waals surface area contributed by atoms with Crippen LogP contribution in [0, 0.1) is 17.8 Å². The summed E-state index contributed by atoms with van der Waals surface area (Å²) in [6.07, 6.45) is -5.97. The number of benzene rings is 2. The van der Waals surface area contributed by atoms with Crippen molar-refractivity contribution >= 4 is 58.7 Å². The number of Topliss-reactive ketones (excluding diaryl/α,β-unsaturated/α-hetero) is 1. The number of ketones is 3. The van der Waals surface area contributed by atoms with E-state index >= 15 is 0 Å². The lowest BCUT2D eigenvalue weighted by atomic mass is 9.72. The Hall–Kier alpha value is -7.06. The van der Waals surface area contributed by atoms with Crippen LogP contribution >= 0.6 is 0 Å². The minimum atomic E-state index is -2.45. The molecule has 2 aromatic carbocycles. The number of hydrogen-bond acceptors (Lipinski definition) is 18. The van der Waals surface area contributed by atoms with Crippen molar-refractivity contribution in [2.24, 2.45) is 17.8 Å². The van der Waals surface area contributed by atoms with Crippen molar-refractivity contribution in [3.05, 3.63) is 51.6 Å². The minimum Gasteiger partial charge on any atom is -0.507 e. The van der Waals surface area contributed by atoms with E-state index < -0.39 is 167 Å². The van der Waals surface area contributed by atoms with E-state index in [2.05, 4.69) is 31.9 Å². The number of ether oxygens (including phenoxy) is 3. The molecule has 4 aliphatic rings. The average Bonchev–Trinajstić information content (AvgIpc) is 3.45. The molecule has 82 heavy (non-hydrogen) atoms. The molecule has 11 atom stereocenters. The molecule has 2 fully saturated rings. The quantitative estimate of drug-likeness (QED) is 0.0572. The van der Waals surface area contributed by atoms with E-state index in [4.69, 9.17) is 14.2 Å². The van der Waals surface area contributed by atoms with E-state index in [1.165, 1.54) is 51.0 Å². The fourth-order valence-corrected chi connectivity index (χ4v) is 11.1. The van der Waals surface area contributed by atoms with Crippen molar-refractivity contribution in [3.8, 4) is 17.2 Å². The van der Waals surface area contributed by atoms with Gasteiger partial charge in [-0.25, -0.2) is 0 Å². The molecule has 2 aliphatic carbocycles. The van der Waals surface area contributed by atoms with Crippen LogP contribution in [0.25, 0.3) is 0 Å². The van der Waals surface area contributed by atoms with Gasteiger partial charge in [-0.1, -0.05) is 53.7 Å². The van der Waals surface area contributed by atoms with E-state index in [1.807, 2.05) is 27.7 Å². The average molecular weight is 1150 g/mol. The van der Waals surface area contributed by atoms with Crippen molar-refractivity contribution in [1.29, 1.82) is 0 Å². The lowest BCUT2D eigenvalue weighted by molar-refractivity contribution is -0.249. The number of hydrogen-bond donors (Lipinski definition) is 11. The number of aliphatic hydroxyl groups is 3. The molecular weight excluding hydrogens is 1070 g/mol. The Morgan fingerprint density at radius 1 is 0.793 bits per heavy atom. The standard InChI is InChI=1S/C57H79N7O18/c1-25(2)17-34(63-56(78)37-14-12-16-64(37)41(68)23-58-30(9)66)53(75)59-28(7)52(74)61-35(18-26(3)4)55(77)62-36(19-27(5)6)54(76)60-33-20-42(81-29(8)47(33)69)82-39-22-57(79,40(67)24-65)21-32-44(39)51(73)46-45(49(32)71)48(70)31-13-11-15-38(80-10)43(31)50(46)72/h11,13,15,25-29,33-37,39,42,47,65,69,71,73,79H,12,14,16-24H2,1-10H3,(H,58,66)(H,59,75)(H,60,76)(H,61,74)(H,62,77)(H,63,78)/t28-,29-,33-,34-,35-,36-,37-,39-,42-,47+,57-/m0/s1. The predicted molar refractivity (Wildman–Crippen MR) is 291 cm³/mol. The van der Waals surface area contributed by atoms with Gasteiger partial charge in [0.05, 0.1) is 48.6 Å². The van der Waals surface area contributed by atoms with Gasteiger partial charge in [-0.3, -0.25) is 47.9 Å². The first-order valence-electron chi connectivity index (χ1n) is 27.8. The van der Waals surface area contributed by atoms with E-state index in [1.54, 1.807) is 13.8 Å². The van der Waals surface area contributed by atoms with Crippen molar-refractivity contribution in [2.45, 2.75) is 180 Å². The molecule has 0 aromatic heterocycles. The molecule has 2 aromatic rings. The number of phenolic OH excluding ortho intramolecular Hbond substituents is 2. The van der Waals surface area contributed by atoms with E-state index in [0.717, 1.165) is 0 Å². The number of phenols is 2. The molecule has 0 spiro atoms. The normalized spacial score (nSPS) is 23.6. The van der Waals surface area contributed by atoms with Crippen LogP contribution in [0.2, 0.25) is 0 Å². The summed E-state index contributed by atoms with van der Waals surface area (Å²) in [7, 11) is 1.28. The summed E-state index contributed by atoms with van der Waals surface area (Å²) in [5.41, 5.74) is -4.53. The van der Waals surface area contributed by atoms with E-state index in [9.17, 15) is 73.5 Å². The number of nitrogens with one attached hydrogen (secondary N) is 6. The van der Waals surface area contributed by atoms with Crippen LogP contribution < -0.4 is 36.6 Å². The van der Waals surface area contributed by atoms with Gasteiger partial charge in [-0.2, -0.15) is 0 Å². The van der Waals surface area contributed by atoms with Gasteiger partial charge in [0.2, 0.25) is 47.1 Å². The zero-order valence-electron chi connectivity index (χ0n) is 48.0. The van der Waals surface area contributed by atoms with Crippen molar-refractivity contribution in [2.75, 3.05) is 26.8 Å². The molecule has 7 amide bonds. The van der Waals surface area contributed by atoms with Crippen LogP contribution in [0.1, 0.15) is 156 Å². The number of methoxy groups -OCH3 is 1. The Morgan fingerprint density at radius 3 is 1.98 bits per heavy atom. The number of carbonyl (C=O) groups excluding carboxylic acids is 10. The maximum Gasteiger partial charge on any atom is 0.243 e. The Labute approximate surface area is 475 Å². The minimum absolute atomic E-state index is 0.0129. The maximum absolute atomic E-state index is 14.4. The highest BCUT2D eigenvalue weighted by Crippen LogP contribution is 2.52. The van der Waals surface area contributed by atoms with E-state index in [-0.39, 0.29) is 84.5 Å². The van der Waals surface area contributed by atoms with Crippen molar-refractivity contribution < 1.29 is 87.7 Å². The molecule has 25 heteroatoms. The Morgan fingerprint density at radius 2 is 1.38 bits per heavy atom. The van der Waals surface area contributed by atoms with Crippen LogP contribution in [-0.2, 0) is 54.3 Å². The molecular formula is C57H79N7O18. The predicted octanol–water partition coefficient (Wildman–Crippen LogP) is 0.383. The van der Waals surface area contributed by atoms with Crippen LogP contribution in [0.5, 0.6) is 17.2 Å². The zero-order chi connectivity index (χ0) is 60.8. The molecule has 0 saturated carbocycles. The van der Waals surface area contributed by atoms with Crippen molar-refractivity contribution in [1.82, 2.24) is 36.8 Å². The molecule has 0 radical (unpaired) electrons. The highest BCUT2D eigenvalue weighted by Gasteiger charge is 2.51. The molecule has 450 valence electrons. The molecule has 6 rings (SSSR count). The SMILES string of the molecule is COc1cccc2c1C(=O)c1c(O)c3c(c(O)c1C2=O)C[C@@](O)(C(=O)CO)C[C@@H]3O[C@H]1C[C@H](NC(=O)[C@H](CC(C)C)NC(=O)[C@H](CC(C)C)NC(=O)[C@H](C)NC(=O)[C@H](CC(C)C)NC(=O)[C@@H]2CCCN2C(=O)CNC(C)=O)[C@H](O)[C@H](C)O1. The smallest absolute Gasteiger partial charge is 0.243 e. The van der Waals surface area contributed by atoms with Gasteiger partial charge in [0.1, 0.15) is 65.8 Å². The van der Waals surface area contributed by atoms with Crippen LogP contribution in [0.4, 0.5) is 0 Å². The van der Waals surface area contributed by atoms with Gasteiger partial charge >= 0.3 is 0 Å². The third kappa shape index (κ3) is 14.4. The van der Waals surface area contributed by atoms with Gasteiger partial charge < -0.3 is 76.5 Å². The second-order valence-electron chi connectivity index (χ2n) is 23.1. The summed E-state index contributed by atoms with van der Waals surface area (Å²) in [4.78, 5) is 137. The van der Waals surface area contributed by atoms with Gasteiger partial charge in [0.25, 0.3) is 0 Å². The molecule has 2 aliphatic heterocycles. The Bertz CT molecular complexity index is 2820. The summed E-state index contributed by atoms with van der Waals surface area (Å²) in [5.74, 6) is -9.24. The Balaban J connectivity index is 1.17. The lowest BCUT2D eigenvalue weighted by Gasteiger charge is -2.43. The van der Waals surface area contributed by atoms with Gasteiger partial charge in [0.15, 0.2) is 17.9 Å². The summed E-state index contributed by atoms with van der Waals surface area (Å²) in [6.45, 7) is 13.9. The summed E-state index contributed by atoms with van der Waals surface area (Å²) in [6, 6.07) is -2.64. The highest BCUT2D eigenvalue weighted by molar-refractivity contribution is 6.31. The monoisotopic (exact) mass is 1150 g/mol. The number of aliphatic hydroxyl groups excluding tert-OH is 2. The summed E-state index contributed by atoms with van der Waals surface area (Å²) in [5, 5.41) is 73.0.